The van der Waals surface area contributed by atoms with Crippen LogP contribution in [-0.4, -0.2) is 24.1 Å². The van der Waals surface area contributed by atoms with Gasteiger partial charge in [-0.05, 0) is 36.8 Å². The summed E-state index contributed by atoms with van der Waals surface area (Å²) in [5, 5.41) is 3.00. The molecule has 3 aromatic heterocycles. The molecule has 24 heavy (non-hydrogen) atoms. The van der Waals surface area contributed by atoms with Gasteiger partial charge in [0.2, 0.25) is 0 Å². The molecule has 0 unspecified atom stereocenters. The lowest BCUT2D eigenvalue weighted by molar-refractivity contribution is 0.617. The van der Waals surface area contributed by atoms with Crippen molar-refractivity contribution < 1.29 is 4.39 Å². The number of hydrogen-bond donors (Lipinski definition) is 1. The van der Waals surface area contributed by atoms with Crippen LogP contribution in [0.4, 0.5) is 4.39 Å². The van der Waals surface area contributed by atoms with Gasteiger partial charge in [-0.25, -0.2) is 18.9 Å². The Labute approximate surface area is 136 Å². The first kappa shape index (κ1) is 14.4. The third-order valence-electron chi connectivity index (χ3n) is 4.03. The van der Waals surface area contributed by atoms with Crippen LogP contribution in [0.3, 0.4) is 0 Å². The minimum atomic E-state index is -0.304. The molecule has 3 heterocycles. The number of nitrogens with zero attached hydrogens (tertiary/aromatic N) is 4. The predicted molar refractivity (Wildman–Crippen MR) is 87.2 cm³/mol. The first-order chi connectivity index (χ1) is 11.6. The van der Waals surface area contributed by atoms with E-state index in [-0.39, 0.29) is 17.4 Å². The molecule has 0 saturated carbocycles. The topological polar surface area (TPSA) is 68.0 Å². The maximum atomic E-state index is 13.1. The number of halogens is 1. The summed E-state index contributed by atoms with van der Waals surface area (Å²) in [6.07, 6.45) is 5.20. The van der Waals surface area contributed by atoms with E-state index in [1.807, 2.05) is 17.7 Å². The Hall–Kier alpha value is -3.22. The quantitative estimate of drug-likeness (QED) is 0.630. The van der Waals surface area contributed by atoms with E-state index in [0.29, 0.717) is 17.0 Å². The molecule has 0 aliphatic carbocycles. The summed E-state index contributed by atoms with van der Waals surface area (Å²) in [4.78, 5) is 21.0. The van der Waals surface area contributed by atoms with Gasteiger partial charge in [0, 0.05) is 24.5 Å². The summed E-state index contributed by atoms with van der Waals surface area (Å²) in [5.41, 5.74) is 2.46. The average Bonchev–Trinajstić information content (AvgIpc) is 3.24. The van der Waals surface area contributed by atoms with Crippen molar-refractivity contribution in [2.45, 2.75) is 13.0 Å². The zero-order chi connectivity index (χ0) is 16.7. The number of rotatable bonds is 3. The van der Waals surface area contributed by atoms with Crippen molar-refractivity contribution >= 4 is 5.65 Å². The first-order valence-corrected chi connectivity index (χ1v) is 7.48. The number of fused-ring (bicyclic) bond motifs is 1. The van der Waals surface area contributed by atoms with Crippen molar-refractivity contribution in [2.24, 2.45) is 0 Å². The van der Waals surface area contributed by atoms with E-state index in [0.717, 1.165) is 5.56 Å². The molecule has 7 heteroatoms. The van der Waals surface area contributed by atoms with Crippen LogP contribution in [-0.2, 0) is 0 Å². The molecule has 0 aliphatic rings. The summed E-state index contributed by atoms with van der Waals surface area (Å²) >= 11 is 0. The smallest absolute Gasteiger partial charge is 0.272 e. The number of aromatic amines is 1. The standard InChI is InChI=1S/C17H14FN5O/c1-11(22-7-6-19-10-22)14-9-17(24)23-16(20-14)8-15(21-23)12-2-4-13(18)5-3-12/h2-11,21H,1H3/t11-/m0/s1. The van der Waals surface area contributed by atoms with Crippen LogP contribution in [0.25, 0.3) is 16.9 Å². The summed E-state index contributed by atoms with van der Waals surface area (Å²) in [5.74, 6) is -0.304. The second-order valence-corrected chi connectivity index (χ2v) is 5.58. The van der Waals surface area contributed by atoms with Crippen molar-refractivity contribution in [3.63, 3.8) is 0 Å². The van der Waals surface area contributed by atoms with E-state index in [9.17, 15) is 9.18 Å². The lowest BCUT2D eigenvalue weighted by Gasteiger charge is -2.11. The van der Waals surface area contributed by atoms with Gasteiger partial charge in [0.25, 0.3) is 5.56 Å². The maximum absolute atomic E-state index is 13.1. The fourth-order valence-corrected chi connectivity index (χ4v) is 2.65. The summed E-state index contributed by atoms with van der Waals surface area (Å²) in [6.45, 7) is 1.95. The van der Waals surface area contributed by atoms with Gasteiger partial charge in [-0.2, -0.15) is 0 Å². The first-order valence-electron chi connectivity index (χ1n) is 7.48. The zero-order valence-corrected chi connectivity index (χ0v) is 12.8. The molecule has 0 radical (unpaired) electrons. The molecule has 120 valence electrons. The number of imidazole rings is 1. The van der Waals surface area contributed by atoms with Gasteiger partial charge in [0.1, 0.15) is 5.82 Å². The van der Waals surface area contributed by atoms with Crippen LogP contribution in [0, 0.1) is 5.82 Å². The van der Waals surface area contributed by atoms with E-state index in [4.69, 9.17) is 0 Å². The van der Waals surface area contributed by atoms with Crippen LogP contribution in [0.5, 0.6) is 0 Å². The van der Waals surface area contributed by atoms with Crippen molar-refractivity contribution in [2.75, 3.05) is 0 Å². The van der Waals surface area contributed by atoms with Gasteiger partial charge in [0.05, 0.1) is 23.8 Å². The fraction of sp³-hybridized carbons (Fsp3) is 0.118. The Morgan fingerprint density at radius 1 is 1.21 bits per heavy atom. The van der Waals surface area contributed by atoms with Crippen molar-refractivity contribution in [3.05, 3.63) is 77.0 Å². The Morgan fingerprint density at radius 2 is 2.00 bits per heavy atom. The third-order valence-corrected chi connectivity index (χ3v) is 4.03. The van der Waals surface area contributed by atoms with Gasteiger partial charge >= 0.3 is 0 Å². The van der Waals surface area contributed by atoms with Gasteiger partial charge in [-0.1, -0.05) is 0 Å². The van der Waals surface area contributed by atoms with E-state index in [1.54, 1.807) is 30.7 Å². The molecule has 6 nitrogen and oxygen atoms in total. The average molecular weight is 323 g/mol. The Morgan fingerprint density at radius 3 is 2.71 bits per heavy atom. The normalized spacial score (nSPS) is 12.6. The van der Waals surface area contributed by atoms with E-state index < -0.39 is 0 Å². The lowest BCUT2D eigenvalue weighted by atomic mass is 10.1. The number of benzene rings is 1. The van der Waals surface area contributed by atoms with Crippen LogP contribution < -0.4 is 5.56 Å². The van der Waals surface area contributed by atoms with Gasteiger partial charge in [0.15, 0.2) is 5.65 Å². The largest absolute Gasteiger partial charge is 0.329 e. The molecule has 1 atom stereocenters. The molecule has 1 aromatic carbocycles. The molecule has 0 aliphatic heterocycles. The highest BCUT2D eigenvalue weighted by Gasteiger charge is 2.13. The van der Waals surface area contributed by atoms with E-state index >= 15 is 0 Å². The zero-order valence-electron chi connectivity index (χ0n) is 12.8. The molecule has 0 saturated heterocycles. The number of aromatic nitrogens is 5. The third kappa shape index (κ3) is 2.40. The second-order valence-electron chi connectivity index (χ2n) is 5.58. The fourth-order valence-electron chi connectivity index (χ4n) is 2.65. The molecule has 4 aromatic rings. The maximum Gasteiger partial charge on any atom is 0.272 e. The minimum absolute atomic E-state index is 0.102. The SMILES string of the molecule is C[C@@H](c1cc(=O)n2[nH]c(-c3ccc(F)cc3)cc2n1)n1ccnc1. The molecule has 1 N–H and O–H groups in total. The van der Waals surface area contributed by atoms with Crippen LogP contribution in [0.1, 0.15) is 18.7 Å². The molecule has 4 rings (SSSR count). The van der Waals surface area contributed by atoms with Crippen molar-refractivity contribution in [1.82, 2.24) is 24.1 Å². The molecule has 0 bridgehead atoms. The Bertz CT molecular complexity index is 1050. The van der Waals surface area contributed by atoms with Crippen LogP contribution in [0.15, 0.2) is 59.9 Å². The molecule has 0 amide bonds. The van der Waals surface area contributed by atoms with Crippen molar-refractivity contribution in [3.8, 4) is 11.3 Å². The second kappa shape index (κ2) is 5.45. The molecular weight excluding hydrogens is 309 g/mol. The Kier molecular flexibility index (Phi) is 3.26. The number of H-pyrrole nitrogens is 1. The van der Waals surface area contributed by atoms with Gasteiger partial charge in [-0.3, -0.25) is 9.89 Å². The Balaban J connectivity index is 1.81. The summed E-state index contributed by atoms with van der Waals surface area (Å²) in [7, 11) is 0. The van der Waals surface area contributed by atoms with Gasteiger partial charge in [-0.15, -0.1) is 0 Å². The van der Waals surface area contributed by atoms with Crippen LogP contribution >= 0.6 is 0 Å². The highest BCUT2D eigenvalue weighted by Crippen LogP contribution is 2.20. The number of nitrogens with one attached hydrogen (secondary N) is 1. The number of hydrogen-bond acceptors (Lipinski definition) is 3. The van der Waals surface area contributed by atoms with Crippen molar-refractivity contribution in [1.29, 1.82) is 0 Å². The molecular formula is C17H14FN5O. The lowest BCUT2D eigenvalue weighted by Crippen LogP contribution is -2.18. The van der Waals surface area contributed by atoms with Crippen LogP contribution in [0.2, 0.25) is 0 Å². The summed E-state index contributed by atoms with van der Waals surface area (Å²) in [6, 6.07) is 9.24. The molecule has 0 spiro atoms. The van der Waals surface area contributed by atoms with E-state index in [2.05, 4.69) is 15.1 Å². The monoisotopic (exact) mass is 323 g/mol. The van der Waals surface area contributed by atoms with E-state index in [1.165, 1.54) is 22.7 Å². The molecule has 0 fully saturated rings. The predicted octanol–water partition coefficient (Wildman–Crippen LogP) is 2.63. The highest BCUT2D eigenvalue weighted by atomic mass is 19.1. The summed E-state index contributed by atoms with van der Waals surface area (Å²) < 4.78 is 16.3. The van der Waals surface area contributed by atoms with Gasteiger partial charge < -0.3 is 4.57 Å². The minimum Gasteiger partial charge on any atom is -0.329 e. The highest BCUT2D eigenvalue weighted by molar-refractivity contribution is 5.63.